The Morgan fingerprint density at radius 1 is 0.538 bits per heavy atom. The Bertz CT molecular complexity index is 1030. The van der Waals surface area contributed by atoms with Crippen LogP contribution in [0.2, 0.25) is 0 Å². The van der Waals surface area contributed by atoms with Gasteiger partial charge in [0, 0.05) is 45.2 Å². The zero-order valence-electron chi connectivity index (χ0n) is 29.8. The number of unbranched alkanes of at least 4 members (excludes halogenated alkanes) is 8. The lowest BCUT2D eigenvalue weighted by Gasteiger charge is -2.34. The molecule has 17 nitrogen and oxygen atoms in total. The molecule has 0 heterocycles. The predicted octanol–water partition coefficient (Wildman–Crippen LogP) is 2.34. The van der Waals surface area contributed by atoms with Crippen LogP contribution in [-0.2, 0) is 47.8 Å². The maximum absolute atomic E-state index is 13.1. The summed E-state index contributed by atoms with van der Waals surface area (Å²) >= 11 is 16.6. The van der Waals surface area contributed by atoms with E-state index in [4.69, 9.17) is 71.1 Å². The highest BCUT2D eigenvalue weighted by Gasteiger charge is 2.34. The Balaban J connectivity index is 4.86. The Kier molecular flexibility index (Phi) is 29.2. The third-order valence-corrected chi connectivity index (χ3v) is 7.55. The van der Waals surface area contributed by atoms with Gasteiger partial charge in [0.25, 0.3) is 0 Å². The van der Waals surface area contributed by atoms with Crippen LogP contribution >= 0.6 is 34.8 Å². The number of alkyl carbamates (subject to hydrolysis) is 1. The van der Waals surface area contributed by atoms with Crippen molar-refractivity contribution in [2.75, 3.05) is 59.3 Å². The first-order chi connectivity index (χ1) is 24.7. The van der Waals surface area contributed by atoms with Crippen LogP contribution < -0.4 is 33.3 Å². The molecular formula is C32H57Cl3N6O11. The SMILES string of the molecule is NOC(=O)CCCCCCCNC(=O)CCOCC(COCCC(N)=O)(COCCC(N)=O)NC(=O)CCCCCCCNC(=O)OCC(Cl)(Cl)Cl. The maximum atomic E-state index is 13.1. The monoisotopic (exact) mass is 806 g/mol. The number of hydrogen-bond donors (Lipinski definition) is 6. The van der Waals surface area contributed by atoms with Crippen molar-refractivity contribution in [2.45, 2.75) is 106 Å². The standard InChI is InChI=1S/C32H57Cl3N6O11/c33-32(34,35)24-51-30(47)40-17-10-6-1-3-7-11-28(45)41-31(21-48-18-13-25(36)42,22-49-19-14-26(37)43)23-50-20-15-27(44)39-16-9-5-2-4-8-12-29(46)52-38/h1-24,38H2,(H2,36,42)(H2,37,43)(H,39,44)(H,40,47)(H,41,45). The van der Waals surface area contributed by atoms with E-state index in [1.807, 2.05) is 0 Å². The molecule has 0 aliphatic carbocycles. The van der Waals surface area contributed by atoms with Gasteiger partial charge in [-0.2, -0.15) is 5.90 Å². The molecule has 0 aliphatic rings. The van der Waals surface area contributed by atoms with E-state index in [0.29, 0.717) is 32.4 Å². The molecule has 0 spiro atoms. The van der Waals surface area contributed by atoms with Crippen molar-refractivity contribution in [1.29, 1.82) is 0 Å². The number of carbonyl (C=O) groups excluding carboxylic acids is 6. The van der Waals surface area contributed by atoms with Crippen molar-refractivity contribution in [1.82, 2.24) is 16.0 Å². The van der Waals surface area contributed by atoms with Gasteiger partial charge in [0.1, 0.15) is 12.1 Å². The fraction of sp³-hybridized carbons (Fsp3) is 0.812. The summed E-state index contributed by atoms with van der Waals surface area (Å²) in [5, 5.41) is 8.36. The zero-order chi connectivity index (χ0) is 39.1. The predicted molar refractivity (Wildman–Crippen MR) is 194 cm³/mol. The molecule has 302 valence electrons. The number of nitrogens with one attached hydrogen (secondary N) is 3. The molecule has 0 saturated carbocycles. The number of alkyl halides is 3. The number of halogens is 3. The number of rotatable bonds is 33. The summed E-state index contributed by atoms with van der Waals surface area (Å²) in [7, 11) is 0. The van der Waals surface area contributed by atoms with E-state index in [1.54, 1.807) is 0 Å². The molecule has 0 aromatic rings. The van der Waals surface area contributed by atoms with Gasteiger partial charge in [-0.05, 0) is 25.7 Å². The lowest BCUT2D eigenvalue weighted by molar-refractivity contribution is -0.144. The molecule has 0 saturated heterocycles. The van der Waals surface area contributed by atoms with Crippen LogP contribution in [0.5, 0.6) is 0 Å². The van der Waals surface area contributed by atoms with E-state index >= 15 is 0 Å². The Hall–Kier alpha value is -2.67. The smallest absolute Gasteiger partial charge is 0.407 e. The van der Waals surface area contributed by atoms with Crippen molar-refractivity contribution >= 4 is 70.5 Å². The minimum Gasteiger partial charge on any atom is -0.445 e. The molecule has 0 aromatic carbocycles. The van der Waals surface area contributed by atoms with Crippen LogP contribution in [0.25, 0.3) is 0 Å². The number of carbonyl (C=O) groups is 6. The van der Waals surface area contributed by atoms with Crippen LogP contribution in [0.4, 0.5) is 4.79 Å². The second kappa shape index (κ2) is 30.8. The van der Waals surface area contributed by atoms with Gasteiger partial charge >= 0.3 is 12.1 Å². The molecule has 0 atom stereocenters. The molecule has 0 unspecified atom stereocenters. The quantitative estimate of drug-likeness (QED) is 0.0317. The van der Waals surface area contributed by atoms with Gasteiger partial charge in [-0.15, -0.1) is 0 Å². The van der Waals surface area contributed by atoms with E-state index in [-0.39, 0.29) is 90.2 Å². The van der Waals surface area contributed by atoms with Crippen LogP contribution in [-0.4, -0.2) is 104 Å². The van der Waals surface area contributed by atoms with Gasteiger partial charge < -0.3 is 51.2 Å². The number of ether oxygens (including phenoxy) is 4. The van der Waals surface area contributed by atoms with Crippen molar-refractivity contribution in [3.63, 3.8) is 0 Å². The van der Waals surface area contributed by atoms with Crippen LogP contribution in [0.1, 0.15) is 96.3 Å². The summed E-state index contributed by atoms with van der Waals surface area (Å²) in [5.74, 6) is 2.77. The van der Waals surface area contributed by atoms with Crippen LogP contribution in [0, 0.1) is 0 Å². The Labute approximate surface area is 320 Å². The number of amides is 5. The molecule has 9 N–H and O–H groups in total. The van der Waals surface area contributed by atoms with Crippen LogP contribution in [0.15, 0.2) is 0 Å². The van der Waals surface area contributed by atoms with Crippen LogP contribution in [0.3, 0.4) is 0 Å². The lowest BCUT2D eigenvalue weighted by atomic mass is 10.0. The summed E-state index contributed by atoms with van der Waals surface area (Å²) in [6.07, 6.45) is 7.54. The fourth-order valence-corrected chi connectivity index (χ4v) is 4.70. The molecule has 5 amide bonds. The minimum absolute atomic E-state index is 0.00360. The molecule has 0 bridgehead atoms. The van der Waals surface area contributed by atoms with E-state index < -0.39 is 33.2 Å². The minimum atomic E-state index is -1.68. The van der Waals surface area contributed by atoms with Gasteiger partial charge in [0.05, 0.1) is 39.6 Å². The van der Waals surface area contributed by atoms with Crippen molar-refractivity contribution < 1.29 is 52.6 Å². The molecule has 0 aromatic heterocycles. The number of nitrogens with two attached hydrogens (primary N) is 3. The van der Waals surface area contributed by atoms with Gasteiger partial charge in [-0.1, -0.05) is 73.3 Å². The van der Waals surface area contributed by atoms with E-state index in [1.165, 1.54) is 0 Å². The molecule has 0 fully saturated rings. The molecular weight excluding hydrogens is 751 g/mol. The number of primary amides is 2. The maximum Gasteiger partial charge on any atom is 0.407 e. The zero-order valence-corrected chi connectivity index (χ0v) is 32.1. The normalized spacial score (nSPS) is 11.5. The first-order valence-corrected chi connectivity index (χ1v) is 18.6. The molecule has 52 heavy (non-hydrogen) atoms. The fourth-order valence-electron chi connectivity index (χ4n) is 4.53. The average Bonchev–Trinajstić information content (AvgIpc) is 3.07. The molecule has 0 rings (SSSR count). The summed E-state index contributed by atoms with van der Waals surface area (Å²) in [6, 6.07) is 0. The highest BCUT2D eigenvalue weighted by molar-refractivity contribution is 6.67. The first kappa shape index (κ1) is 49.3. The van der Waals surface area contributed by atoms with E-state index in [2.05, 4.69) is 20.8 Å². The highest BCUT2D eigenvalue weighted by Crippen LogP contribution is 2.25. The topological polar surface area (TPSA) is 263 Å². The lowest BCUT2D eigenvalue weighted by Crippen LogP contribution is -2.58. The summed E-state index contributed by atoms with van der Waals surface area (Å²) in [6.45, 7) is 0.266. The highest BCUT2D eigenvalue weighted by atomic mass is 35.6. The summed E-state index contributed by atoms with van der Waals surface area (Å²) in [5.41, 5.74) is 9.25. The largest absolute Gasteiger partial charge is 0.445 e. The van der Waals surface area contributed by atoms with Crippen molar-refractivity contribution in [3.05, 3.63) is 0 Å². The summed E-state index contributed by atoms with van der Waals surface area (Å²) < 4.78 is 20.3. The average molecular weight is 808 g/mol. The third kappa shape index (κ3) is 32.0. The first-order valence-electron chi connectivity index (χ1n) is 17.4. The molecule has 20 heteroatoms. The Morgan fingerprint density at radius 3 is 1.50 bits per heavy atom. The molecule has 0 radical (unpaired) electrons. The number of hydrogen-bond acceptors (Lipinski definition) is 12. The van der Waals surface area contributed by atoms with Gasteiger partial charge in [0.15, 0.2) is 0 Å². The van der Waals surface area contributed by atoms with Gasteiger partial charge in [0.2, 0.25) is 27.4 Å². The van der Waals surface area contributed by atoms with Crippen molar-refractivity contribution in [3.8, 4) is 0 Å². The van der Waals surface area contributed by atoms with Gasteiger partial charge in [-0.3, -0.25) is 24.0 Å². The van der Waals surface area contributed by atoms with E-state index in [9.17, 15) is 28.8 Å². The Morgan fingerprint density at radius 2 is 1.00 bits per heavy atom. The molecule has 0 aliphatic heterocycles. The van der Waals surface area contributed by atoms with Gasteiger partial charge in [-0.25, -0.2) is 4.79 Å². The third-order valence-electron chi connectivity index (χ3n) is 7.23. The summed E-state index contributed by atoms with van der Waals surface area (Å²) in [4.78, 5) is 74.7. The second-order valence-electron chi connectivity index (χ2n) is 12.2. The van der Waals surface area contributed by atoms with E-state index in [0.717, 1.165) is 44.9 Å². The van der Waals surface area contributed by atoms with Crippen molar-refractivity contribution in [2.24, 2.45) is 17.4 Å². The second-order valence-corrected chi connectivity index (χ2v) is 14.7.